The largest absolute Gasteiger partial charge is 0.496 e. The maximum atomic E-state index is 5.59. The van der Waals surface area contributed by atoms with Gasteiger partial charge in [-0.3, -0.25) is 0 Å². The zero-order valence-corrected chi connectivity index (χ0v) is 12.1. The first kappa shape index (κ1) is 12.7. The van der Waals surface area contributed by atoms with Crippen molar-refractivity contribution < 1.29 is 4.74 Å². The van der Waals surface area contributed by atoms with E-state index in [2.05, 4.69) is 68.4 Å². The maximum absolute atomic E-state index is 5.59. The fourth-order valence-corrected chi connectivity index (χ4v) is 2.79. The highest BCUT2D eigenvalue weighted by molar-refractivity contribution is 6.00. The molecule has 0 unspecified atom stereocenters. The van der Waals surface area contributed by atoms with Crippen molar-refractivity contribution in [2.75, 3.05) is 7.11 Å². The van der Waals surface area contributed by atoms with Gasteiger partial charge >= 0.3 is 0 Å². The van der Waals surface area contributed by atoms with Crippen LogP contribution in [-0.4, -0.2) is 7.11 Å². The summed E-state index contributed by atoms with van der Waals surface area (Å²) in [6.45, 7) is 4.28. The van der Waals surface area contributed by atoms with E-state index in [1.807, 2.05) is 0 Å². The predicted molar refractivity (Wildman–Crippen MR) is 85.4 cm³/mol. The van der Waals surface area contributed by atoms with Crippen LogP contribution in [0.1, 0.15) is 11.1 Å². The number of hydrogen-bond acceptors (Lipinski definition) is 1. The molecule has 3 rings (SSSR count). The summed E-state index contributed by atoms with van der Waals surface area (Å²) in [6.07, 6.45) is 0. The van der Waals surface area contributed by atoms with Gasteiger partial charge in [-0.15, -0.1) is 0 Å². The van der Waals surface area contributed by atoms with E-state index >= 15 is 0 Å². The van der Waals surface area contributed by atoms with Gasteiger partial charge in [0.05, 0.1) is 7.11 Å². The second kappa shape index (κ2) is 5.01. The molecule has 0 aromatic heterocycles. The topological polar surface area (TPSA) is 9.23 Å². The molecule has 0 aliphatic carbocycles. The first-order chi connectivity index (χ1) is 9.70. The first-order valence-corrected chi connectivity index (χ1v) is 6.84. The summed E-state index contributed by atoms with van der Waals surface area (Å²) in [5, 5.41) is 2.47. The number of methoxy groups -OCH3 is 1. The van der Waals surface area contributed by atoms with Crippen molar-refractivity contribution in [2.45, 2.75) is 13.8 Å². The van der Waals surface area contributed by atoms with Crippen molar-refractivity contribution in [3.63, 3.8) is 0 Å². The summed E-state index contributed by atoms with van der Waals surface area (Å²) >= 11 is 0. The van der Waals surface area contributed by atoms with E-state index in [1.54, 1.807) is 7.11 Å². The Bertz CT molecular complexity index is 772. The van der Waals surface area contributed by atoms with Crippen LogP contribution in [0.15, 0.2) is 54.6 Å². The number of fused-ring (bicyclic) bond motifs is 1. The molecule has 1 nitrogen and oxygen atoms in total. The fraction of sp³-hybridized carbons (Fsp3) is 0.158. The monoisotopic (exact) mass is 262 g/mol. The lowest BCUT2D eigenvalue weighted by atomic mass is 9.93. The average molecular weight is 262 g/mol. The van der Waals surface area contributed by atoms with Gasteiger partial charge in [-0.25, -0.2) is 0 Å². The molecule has 3 aromatic carbocycles. The molecule has 0 saturated heterocycles. The Morgan fingerprint density at radius 2 is 1.65 bits per heavy atom. The second-order valence-corrected chi connectivity index (χ2v) is 5.18. The normalized spacial score (nSPS) is 10.8. The van der Waals surface area contributed by atoms with Crippen LogP contribution in [0.3, 0.4) is 0 Å². The van der Waals surface area contributed by atoms with E-state index in [0.717, 1.165) is 5.75 Å². The SMILES string of the molecule is COc1ccc2ccccc2c1-c1ccc(C)cc1C. The predicted octanol–water partition coefficient (Wildman–Crippen LogP) is 5.13. The van der Waals surface area contributed by atoms with Crippen LogP contribution in [0.2, 0.25) is 0 Å². The molecular formula is C19H18O. The van der Waals surface area contributed by atoms with Crippen LogP contribution in [0.25, 0.3) is 21.9 Å². The van der Waals surface area contributed by atoms with Crippen molar-refractivity contribution in [3.05, 3.63) is 65.7 Å². The van der Waals surface area contributed by atoms with E-state index in [9.17, 15) is 0 Å². The Kier molecular flexibility index (Phi) is 3.19. The van der Waals surface area contributed by atoms with E-state index in [4.69, 9.17) is 4.74 Å². The summed E-state index contributed by atoms with van der Waals surface area (Å²) in [5.41, 5.74) is 4.98. The third-order valence-electron chi connectivity index (χ3n) is 3.76. The highest BCUT2D eigenvalue weighted by Crippen LogP contribution is 2.38. The van der Waals surface area contributed by atoms with E-state index in [-0.39, 0.29) is 0 Å². The molecule has 0 heterocycles. The lowest BCUT2D eigenvalue weighted by Crippen LogP contribution is -1.92. The first-order valence-electron chi connectivity index (χ1n) is 6.84. The van der Waals surface area contributed by atoms with Crippen LogP contribution in [-0.2, 0) is 0 Å². The molecule has 0 N–H and O–H groups in total. The van der Waals surface area contributed by atoms with Gasteiger partial charge in [-0.1, -0.05) is 54.1 Å². The molecule has 0 saturated carbocycles. The number of hydrogen-bond donors (Lipinski definition) is 0. The third-order valence-corrected chi connectivity index (χ3v) is 3.76. The lowest BCUT2D eigenvalue weighted by Gasteiger charge is -2.15. The molecule has 1 heteroatoms. The Balaban J connectivity index is 2.38. The molecule has 0 bridgehead atoms. The highest BCUT2D eigenvalue weighted by Gasteiger charge is 2.12. The van der Waals surface area contributed by atoms with Crippen LogP contribution in [0.5, 0.6) is 5.75 Å². The van der Waals surface area contributed by atoms with Crippen molar-refractivity contribution >= 4 is 10.8 Å². The summed E-state index contributed by atoms with van der Waals surface area (Å²) in [4.78, 5) is 0. The summed E-state index contributed by atoms with van der Waals surface area (Å²) in [5.74, 6) is 0.927. The summed E-state index contributed by atoms with van der Waals surface area (Å²) in [7, 11) is 1.73. The molecular weight excluding hydrogens is 244 g/mol. The number of ether oxygens (including phenoxy) is 1. The van der Waals surface area contributed by atoms with Crippen molar-refractivity contribution in [2.24, 2.45) is 0 Å². The van der Waals surface area contributed by atoms with Gasteiger partial charge in [-0.05, 0) is 41.8 Å². The van der Waals surface area contributed by atoms with Gasteiger partial charge in [0, 0.05) is 5.56 Å². The van der Waals surface area contributed by atoms with Gasteiger partial charge < -0.3 is 4.74 Å². The van der Waals surface area contributed by atoms with Crippen molar-refractivity contribution in [3.8, 4) is 16.9 Å². The zero-order valence-electron chi connectivity index (χ0n) is 12.1. The molecule has 0 amide bonds. The molecule has 0 fully saturated rings. The minimum absolute atomic E-state index is 0.927. The highest BCUT2D eigenvalue weighted by atomic mass is 16.5. The Morgan fingerprint density at radius 1 is 0.850 bits per heavy atom. The van der Waals surface area contributed by atoms with Crippen LogP contribution < -0.4 is 4.74 Å². The van der Waals surface area contributed by atoms with E-state index in [0.29, 0.717) is 0 Å². The second-order valence-electron chi connectivity index (χ2n) is 5.18. The van der Waals surface area contributed by atoms with Crippen molar-refractivity contribution in [1.82, 2.24) is 0 Å². The smallest absolute Gasteiger partial charge is 0.127 e. The fourth-order valence-electron chi connectivity index (χ4n) is 2.79. The number of aryl methyl sites for hydroxylation is 2. The zero-order chi connectivity index (χ0) is 14.1. The Labute approximate surface area is 119 Å². The van der Waals surface area contributed by atoms with Crippen LogP contribution >= 0.6 is 0 Å². The summed E-state index contributed by atoms with van der Waals surface area (Å²) in [6, 6.07) is 19.2. The van der Waals surface area contributed by atoms with Gasteiger partial charge in [0.15, 0.2) is 0 Å². The van der Waals surface area contributed by atoms with Gasteiger partial charge in [0.2, 0.25) is 0 Å². The number of rotatable bonds is 2. The molecule has 0 aliphatic heterocycles. The third kappa shape index (κ3) is 2.05. The molecule has 0 radical (unpaired) electrons. The number of benzene rings is 3. The molecule has 100 valence electrons. The minimum Gasteiger partial charge on any atom is -0.496 e. The maximum Gasteiger partial charge on any atom is 0.127 e. The van der Waals surface area contributed by atoms with Gasteiger partial charge in [-0.2, -0.15) is 0 Å². The minimum atomic E-state index is 0.927. The van der Waals surface area contributed by atoms with E-state index < -0.39 is 0 Å². The molecule has 0 atom stereocenters. The van der Waals surface area contributed by atoms with Crippen molar-refractivity contribution in [1.29, 1.82) is 0 Å². The molecule has 20 heavy (non-hydrogen) atoms. The quantitative estimate of drug-likeness (QED) is 0.622. The van der Waals surface area contributed by atoms with Crippen LogP contribution in [0.4, 0.5) is 0 Å². The molecule has 3 aromatic rings. The Hall–Kier alpha value is -2.28. The van der Waals surface area contributed by atoms with Gasteiger partial charge in [0.25, 0.3) is 0 Å². The van der Waals surface area contributed by atoms with Gasteiger partial charge in [0.1, 0.15) is 5.75 Å². The summed E-state index contributed by atoms with van der Waals surface area (Å²) < 4.78 is 5.59. The van der Waals surface area contributed by atoms with Crippen LogP contribution in [0, 0.1) is 13.8 Å². The Morgan fingerprint density at radius 3 is 2.40 bits per heavy atom. The van der Waals surface area contributed by atoms with E-state index in [1.165, 1.54) is 33.0 Å². The molecule has 0 aliphatic rings. The molecule has 0 spiro atoms. The standard InChI is InChI=1S/C19H18O/c1-13-8-10-16(14(2)12-13)19-17-7-5-4-6-15(17)9-11-18(19)20-3/h4-12H,1-3H3. The lowest BCUT2D eigenvalue weighted by molar-refractivity contribution is 0.417. The average Bonchev–Trinajstić information content (AvgIpc) is 2.46.